The number of nitrogens with one attached hydrogen (secondary N) is 1. The normalized spacial score (nSPS) is 13.5. The van der Waals surface area contributed by atoms with E-state index in [1.165, 1.54) is 0 Å². The topological polar surface area (TPSA) is 49.3 Å². The number of carbonyl (C=O) groups excluding carboxylic acids is 1. The van der Waals surface area contributed by atoms with Crippen molar-refractivity contribution < 1.29 is 9.90 Å². The van der Waals surface area contributed by atoms with Crippen molar-refractivity contribution in [2.24, 2.45) is 0 Å². The minimum Gasteiger partial charge on any atom is -0.507 e. The molecule has 0 aromatic heterocycles. The molecule has 0 aliphatic heterocycles. The fraction of sp³-hybridized carbons (Fsp3) is 0.462. The Labute approximate surface area is 116 Å². The lowest BCUT2D eigenvalue weighted by atomic mass is 10.0. The van der Waals surface area contributed by atoms with Crippen LogP contribution in [0.5, 0.6) is 5.75 Å². The number of hydrogen-bond acceptors (Lipinski definition) is 3. The Hall–Kier alpha value is -0.620. The number of carbonyl (C=O) groups is 1. The summed E-state index contributed by atoms with van der Waals surface area (Å²) in [6.45, 7) is 7.93. The lowest BCUT2D eigenvalue weighted by molar-refractivity contribution is 0.0935. The molecule has 0 saturated heterocycles. The molecule has 17 heavy (non-hydrogen) atoms. The van der Waals surface area contributed by atoms with Crippen LogP contribution < -0.4 is 5.32 Å². The number of rotatable bonds is 3. The first kappa shape index (κ1) is 14.4. The maximum Gasteiger partial charge on any atom is 0.179 e. The van der Waals surface area contributed by atoms with Gasteiger partial charge >= 0.3 is 0 Å². The van der Waals surface area contributed by atoms with Crippen LogP contribution in [0.1, 0.15) is 38.1 Å². The molecule has 1 aromatic carbocycles. The fourth-order valence-corrected chi connectivity index (χ4v) is 2.14. The second kappa shape index (κ2) is 5.35. The molecule has 0 amide bonds. The van der Waals surface area contributed by atoms with Crippen LogP contribution in [0, 0.1) is 3.57 Å². The molecule has 1 aromatic rings. The summed E-state index contributed by atoms with van der Waals surface area (Å²) in [5, 5.41) is 12.7. The summed E-state index contributed by atoms with van der Waals surface area (Å²) in [5.74, 6) is 0.247. The van der Waals surface area contributed by atoms with Gasteiger partial charge in [-0.25, -0.2) is 0 Å². The van der Waals surface area contributed by atoms with E-state index in [4.69, 9.17) is 0 Å². The number of phenols is 1. The molecule has 0 heterocycles. The molecule has 4 heteroatoms. The lowest BCUT2D eigenvalue weighted by Crippen LogP contribution is -2.46. The van der Waals surface area contributed by atoms with E-state index in [1.54, 1.807) is 18.2 Å². The first-order valence-corrected chi connectivity index (χ1v) is 6.59. The quantitative estimate of drug-likeness (QED) is 0.653. The smallest absolute Gasteiger partial charge is 0.179 e. The minimum atomic E-state index is -0.240. The average Bonchev–Trinajstić information content (AvgIpc) is 2.18. The van der Waals surface area contributed by atoms with Crippen molar-refractivity contribution in [2.45, 2.75) is 39.3 Å². The third-order valence-corrected chi connectivity index (χ3v) is 3.14. The molecule has 0 aliphatic carbocycles. The molecular weight excluding hydrogens is 329 g/mol. The van der Waals surface area contributed by atoms with E-state index in [0.717, 1.165) is 0 Å². The van der Waals surface area contributed by atoms with Gasteiger partial charge < -0.3 is 10.4 Å². The van der Waals surface area contributed by atoms with Crippen LogP contribution in [0.4, 0.5) is 0 Å². The van der Waals surface area contributed by atoms with Crippen molar-refractivity contribution in [3.63, 3.8) is 0 Å². The van der Waals surface area contributed by atoms with Crippen molar-refractivity contribution in [3.8, 4) is 5.75 Å². The highest BCUT2D eigenvalue weighted by Crippen LogP contribution is 2.21. The van der Waals surface area contributed by atoms with Gasteiger partial charge in [0.1, 0.15) is 5.75 Å². The maximum absolute atomic E-state index is 12.1. The zero-order chi connectivity index (χ0) is 13.2. The van der Waals surface area contributed by atoms with Gasteiger partial charge in [0, 0.05) is 11.1 Å². The van der Waals surface area contributed by atoms with Crippen LogP contribution >= 0.6 is 22.6 Å². The third kappa shape index (κ3) is 4.27. The number of benzene rings is 1. The van der Waals surface area contributed by atoms with E-state index < -0.39 is 0 Å². The number of phenolic OH excluding ortho intramolecular Hbond substituents is 1. The average molecular weight is 347 g/mol. The first-order valence-electron chi connectivity index (χ1n) is 5.51. The fourth-order valence-electron chi connectivity index (χ4n) is 1.63. The Bertz CT molecular complexity index is 424. The summed E-state index contributed by atoms with van der Waals surface area (Å²) < 4.78 is 0.691. The molecule has 0 spiro atoms. The van der Waals surface area contributed by atoms with E-state index in [1.807, 2.05) is 50.3 Å². The van der Waals surface area contributed by atoms with Gasteiger partial charge in [0.2, 0.25) is 0 Å². The molecule has 1 rings (SSSR count). The third-order valence-electron chi connectivity index (χ3n) is 2.28. The zero-order valence-corrected chi connectivity index (χ0v) is 12.7. The molecule has 1 atom stereocenters. The molecule has 2 N–H and O–H groups in total. The van der Waals surface area contributed by atoms with Gasteiger partial charge in [-0.05, 0) is 68.5 Å². The highest BCUT2D eigenvalue weighted by Gasteiger charge is 2.21. The monoisotopic (exact) mass is 347 g/mol. The van der Waals surface area contributed by atoms with Gasteiger partial charge in [0.15, 0.2) is 5.78 Å². The van der Waals surface area contributed by atoms with E-state index in [2.05, 4.69) is 5.32 Å². The predicted molar refractivity (Wildman–Crippen MR) is 77.5 cm³/mol. The molecule has 0 aliphatic rings. The molecule has 94 valence electrons. The number of ketones is 1. The van der Waals surface area contributed by atoms with Gasteiger partial charge in [-0.1, -0.05) is 0 Å². The molecular formula is C13H18INO2. The SMILES string of the molecule is CC(NC(C)(C)C)C(=O)c1ccc(O)c(I)c1. The summed E-state index contributed by atoms with van der Waals surface area (Å²) in [5.41, 5.74) is 0.524. The summed E-state index contributed by atoms with van der Waals surface area (Å²) in [6.07, 6.45) is 0. The highest BCUT2D eigenvalue weighted by atomic mass is 127. The Morgan fingerprint density at radius 1 is 1.41 bits per heavy atom. The molecule has 0 saturated carbocycles. The second-order valence-corrected chi connectivity index (χ2v) is 6.31. The number of Topliss-reactive ketones (excluding diaryl/α,β-unsaturated/α-hetero) is 1. The first-order chi connectivity index (χ1) is 7.70. The van der Waals surface area contributed by atoms with Crippen molar-refractivity contribution in [2.75, 3.05) is 0 Å². The van der Waals surface area contributed by atoms with Gasteiger partial charge in [-0.3, -0.25) is 4.79 Å². The van der Waals surface area contributed by atoms with Crippen LogP contribution in [-0.4, -0.2) is 22.5 Å². The van der Waals surface area contributed by atoms with Gasteiger partial charge in [0.25, 0.3) is 0 Å². The minimum absolute atomic E-state index is 0.0397. The Balaban J connectivity index is 2.85. The zero-order valence-electron chi connectivity index (χ0n) is 10.5. The van der Waals surface area contributed by atoms with Crippen molar-refractivity contribution in [1.29, 1.82) is 0 Å². The van der Waals surface area contributed by atoms with Gasteiger partial charge in [-0.2, -0.15) is 0 Å². The molecule has 0 radical (unpaired) electrons. The largest absolute Gasteiger partial charge is 0.507 e. The molecule has 0 bridgehead atoms. The van der Waals surface area contributed by atoms with Crippen LogP contribution in [0.2, 0.25) is 0 Å². The van der Waals surface area contributed by atoms with Crippen LogP contribution in [0.25, 0.3) is 0 Å². The van der Waals surface area contributed by atoms with Crippen molar-refractivity contribution >= 4 is 28.4 Å². The highest BCUT2D eigenvalue weighted by molar-refractivity contribution is 14.1. The van der Waals surface area contributed by atoms with Crippen LogP contribution in [0.3, 0.4) is 0 Å². The molecule has 1 unspecified atom stereocenters. The summed E-state index contributed by atoms with van der Waals surface area (Å²) in [7, 11) is 0. The van der Waals surface area contributed by atoms with Gasteiger partial charge in [0.05, 0.1) is 9.61 Å². The van der Waals surface area contributed by atoms with E-state index in [0.29, 0.717) is 9.13 Å². The standard InChI is InChI=1S/C13H18INO2/c1-8(15-13(2,3)4)12(17)9-5-6-11(16)10(14)7-9/h5-8,15-16H,1-4H3. The summed E-state index contributed by atoms with van der Waals surface area (Å²) >= 11 is 2.01. The van der Waals surface area contributed by atoms with Crippen LogP contribution in [-0.2, 0) is 0 Å². The lowest BCUT2D eigenvalue weighted by Gasteiger charge is -2.25. The Morgan fingerprint density at radius 3 is 2.47 bits per heavy atom. The van der Waals surface area contributed by atoms with Crippen molar-refractivity contribution in [3.05, 3.63) is 27.3 Å². The van der Waals surface area contributed by atoms with Gasteiger partial charge in [-0.15, -0.1) is 0 Å². The number of hydrogen-bond donors (Lipinski definition) is 2. The van der Waals surface area contributed by atoms with Crippen molar-refractivity contribution in [1.82, 2.24) is 5.32 Å². The Kier molecular flexibility index (Phi) is 4.55. The number of aromatic hydroxyl groups is 1. The summed E-state index contributed by atoms with van der Waals surface area (Å²) in [6, 6.07) is 4.67. The molecule has 3 nitrogen and oxygen atoms in total. The van der Waals surface area contributed by atoms with E-state index in [9.17, 15) is 9.90 Å². The summed E-state index contributed by atoms with van der Waals surface area (Å²) in [4.78, 5) is 12.1. The maximum atomic E-state index is 12.1. The van der Waals surface area contributed by atoms with Crippen LogP contribution in [0.15, 0.2) is 18.2 Å². The number of halogens is 1. The van der Waals surface area contributed by atoms with E-state index >= 15 is 0 Å². The Morgan fingerprint density at radius 2 is 2.00 bits per heavy atom. The second-order valence-electron chi connectivity index (χ2n) is 5.15. The van der Waals surface area contributed by atoms with E-state index in [-0.39, 0.29) is 23.1 Å². The molecule has 0 fully saturated rings. The predicted octanol–water partition coefficient (Wildman–Crippen LogP) is 2.96.